The summed E-state index contributed by atoms with van der Waals surface area (Å²) in [7, 11) is 0. The third-order valence-electron chi connectivity index (χ3n) is 1.48. The molecule has 0 saturated carbocycles. The Hall–Kier alpha value is -1.83. The van der Waals surface area contributed by atoms with Gasteiger partial charge in [-0.3, -0.25) is 14.9 Å². The Morgan fingerprint density at radius 3 is 2.42 bits per heavy atom. The van der Waals surface area contributed by atoms with Crippen molar-refractivity contribution in [1.29, 1.82) is 0 Å². The minimum atomic E-state index is -0.929. The van der Waals surface area contributed by atoms with Crippen LogP contribution in [0.5, 0.6) is 0 Å². The first kappa shape index (κ1) is 8.27. The molecule has 1 rings (SSSR count). The second kappa shape index (κ2) is 2.66. The molecule has 0 aromatic heterocycles. The number of rotatable bonds is 1. The summed E-state index contributed by atoms with van der Waals surface area (Å²) in [5.74, 6) is 0.354. The molecule has 0 aliphatic carbocycles. The Morgan fingerprint density at radius 1 is 1.50 bits per heavy atom. The summed E-state index contributed by atoms with van der Waals surface area (Å²) in [5, 5.41) is 1.83. The van der Waals surface area contributed by atoms with Crippen LogP contribution in [-0.4, -0.2) is 28.8 Å². The summed E-state index contributed by atoms with van der Waals surface area (Å²) in [4.78, 5) is 33.1. The number of amides is 4. The van der Waals surface area contributed by atoms with Crippen molar-refractivity contribution in [2.45, 2.75) is 13.0 Å². The molecule has 1 heterocycles. The lowest BCUT2D eigenvalue weighted by Gasteiger charge is -2.13. The van der Waals surface area contributed by atoms with Gasteiger partial charge >= 0.3 is 17.8 Å². The first-order valence-corrected chi connectivity index (χ1v) is 3.22. The Balaban J connectivity index is 2.93. The fourth-order valence-corrected chi connectivity index (χ4v) is 0.839. The van der Waals surface area contributed by atoms with E-state index in [-0.39, 0.29) is 0 Å². The summed E-state index contributed by atoms with van der Waals surface area (Å²) in [6, 6.07) is -1.45. The normalized spacial score (nSPS) is 19.0. The largest absolute Gasteiger partial charge is 0.332 e. The fraction of sp³-hybridized carbons (Fsp3) is 0.286. The summed E-state index contributed by atoms with van der Waals surface area (Å²) in [6.07, 6.45) is 4.99. The molecule has 4 amide bonds. The Bertz CT molecular complexity index is 302. The average Bonchev–Trinajstić information content (AvgIpc) is 2.26. The minimum absolute atomic E-state index is 0.691. The molecule has 5 heteroatoms. The van der Waals surface area contributed by atoms with Crippen LogP contribution in [0.15, 0.2) is 0 Å². The summed E-state index contributed by atoms with van der Waals surface area (Å²) < 4.78 is 0. The highest BCUT2D eigenvalue weighted by Crippen LogP contribution is 2.05. The molecule has 1 saturated heterocycles. The SMILES string of the molecule is C#CC(C)N1C(=O)NC(=O)C1=O. The van der Waals surface area contributed by atoms with Gasteiger partial charge in [-0.15, -0.1) is 6.42 Å². The molecule has 5 nitrogen and oxygen atoms in total. The van der Waals surface area contributed by atoms with Gasteiger partial charge in [-0.1, -0.05) is 5.92 Å². The molecule has 1 fully saturated rings. The lowest BCUT2D eigenvalue weighted by atomic mass is 10.3. The van der Waals surface area contributed by atoms with Crippen LogP contribution >= 0.6 is 0 Å². The maximum Gasteiger partial charge on any atom is 0.332 e. The fourth-order valence-electron chi connectivity index (χ4n) is 0.839. The van der Waals surface area contributed by atoms with Crippen molar-refractivity contribution in [1.82, 2.24) is 10.2 Å². The van der Waals surface area contributed by atoms with E-state index in [0.29, 0.717) is 4.90 Å². The van der Waals surface area contributed by atoms with E-state index >= 15 is 0 Å². The Labute approximate surface area is 68.7 Å². The lowest BCUT2D eigenvalue weighted by Crippen LogP contribution is -2.37. The van der Waals surface area contributed by atoms with Gasteiger partial charge in [0.1, 0.15) is 0 Å². The van der Waals surface area contributed by atoms with E-state index in [2.05, 4.69) is 5.92 Å². The summed E-state index contributed by atoms with van der Waals surface area (Å²) in [5.41, 5.74) is 0. The number of carbonyl (C=O) groups excluding carboxylic acids is 3. The van der Waals surface area contributed by atoms with Gasteiger partial charge in [-0.25, -0.2) is 9.69 Å². The van der Waals surface area contributed by atoms with E-state index < -0.39 is 23.9 Å². The Morgan fingerprint density at radius 2 is 2.08 bits per heavy atom. The van der Waals surface area contributed by atoms with Gasteiger partial charge in [-0.05, 0) is 6.92 Å². The van der Waals surface area contributed by atoms with Crippen molar-refractivity contribution in [3.8, 4) is 12.3 Å². The number of hydrogen-bond acceptors (Lipinski definition) is 3. The zero-order valence-electron chi connectivity index (χ0n) is 6.33. The van der Waals surface area contributed by atoms with Gasteiger partial charge in [0, 0.05) is 0 Å². The van der Waals surface area contributed by atoms with Crippen LogP contribution in [0.1, 0.15) is 6.92 Å². The van der Waals surface area contributed by atoms with Crippen molar-refractivity contribution in [3.63, 3.8) is 0 Å². The summed E-state index contributed by atoms with van der Waals surface area (Å²) >= 11 is 0. The lowest BCUT2D eigenvalue weighted by molar-refractivity contribution is -0.140. The summed E-state index contributed by atoms with van der Waals surface area (Å²) in [6.45, 7) is 1.48. The first-order valence-electron chi connectivity index (χ1n) is 3.22. The second-order valence-corrected chi connectivity index (χ2v) is 2.28. The standard InChI is InChI=1S/C7H6N2O3/c1-3-4(2)9-6(11)5(10)8-7(9)12/h1,4H,2H3,(H,8,10,12). The van der Waals surface area contributed by atoms with E-state index in [1.54, 1.807) is 0 Å². The molecule has 0 radical (unpaired) electrons. The van der Waals surface area contributed by atoms with E-state index in [1.165, 1.54) is 6.92 Å². The molecule has 0 aromatic rings. The molecule has 12 heavy (non-hydrogen) atoms. The number of hydrogen-bond donors (Lipinski definition) is 1. The van der Waals surface area contributed by atoms with Crippen LogP contribution in [0, 0.1) is 12.3 Å². The molecular weight excluding hydrogens is 160 g/mol. The van der Waals surface area contributed by atoms with Crippen LogP contribution in [0.3, 0.4) is 0 Å². The maximum atomic E-state index is 10.9. The molecule has 0 bridgehead atoms. The molecule has 1 aliphatic heterocycles. The smallest absolute Gasteiger partial charge is 0.269 e. The van der Waals surface area contributed by atoms with Gasteiger partial charge in [0.2, 0.25) is 0 Å². The predicted octanol–water partition coefficient (Wildman–Crippen LogP) is -0.914. The number of carbonyl (C=O) groups is 3. The van der Waals surface area contributed by atoms with Crippen molar-refractivity contribution in [3.05, 3.63) is 0 Å². The van der Waals surface area contributed by atoms with Crippen LogP contribution in [0.2, 0.25) is 0 Å². The van der Waals surface area contributed by atoms with Crippen molar-refractivity contribution in [2.24, 2.45) is 0 Å². The highest BCUT2D eigenvalue weighted by Gasteiger charge is 2.39. The van der Waals surface area contributed by atoms with Crippen LogP contribution < -0.4 is 5.32 Å². The molecular formula is C7H6N2O3. The van der Waals surface area contributed by atoms with Crippen molar-refractivity contribution in [2.75, 3.05) is 0 Å². The second-order valence-electron chi connectivity index (χ2n) is 2.28. The number of urea groups is 1. The minimum Gasteiger partial charge on any atom is -0.269 e. The first-order chi connectivity index (χ1) is 5.57. The van der Waals surface area contributed by atoms with Gasteiger partial charge in [0.25, 0.3) is 0 Å². The Kier molecular flexibility index (Phi) is 1.83. The maximum absolute atomic E-state index is 10.9. The molecule has 62 valence electrons. The molecule has 1 aliphatic rings. The monoisotopic (exact) mass is 166 g/mol. The highest BCUT2D eigenvalue weighted by atomic mass is 16.2. The van der Waals surface area contributed by atoms with E-state index in [9.17, 15) is 14.4 Å². The molecule has 1 atom stereocenters. The van der Waals surface area contributed by atoms with Crippen molar-refractivity contribution >= 4 is 17.8 Å². The van der Waals surface area contributed by atoms with E-state index in [0.717, 1.165) is 0 Å². The molecule has 0 aromatic carbocycles. The van der Waals surface area contributed by atoms with Crippen molar-refractivity contribution < 1.29 is 14.4 Å². The number of nitrogens with zero attached hydrogens (tertiary/aromatic N) is 1. The topological polar surface area (TPSA) is 66.5 Å². The number of nitrogens with one attached hydrogen (secondary N) is 1. The number of imide groups is 2. The van der Waals surface area contributed by atoms with Crippen LogP contribution in [0.25, 0.3) is 0 Å². The third-order valence-corrected chi connectivity index (χ3v) is 1.48. The highest BCUT2D eigenvalue weighted by molar-refractivity contribution is 6.45. The molecule has 1 unspecified atom stereocenters. The molecule has 1 N–H and O–H groups in total. The molecule has 0 spiro atoms. The van der Waals surface area contributed by atoms with E-state index in [1.807, 2.05) is 5.32 Å². The van der Waals surface area contributed by atoms with Gasteiger partial charge in [0.15, 0.2) is 0 Å². The van der Waals surface area contributed by atoms with E-state index in [4.69, 9.17) is 6.42 Å². The van der Waals surface area contributed by atoms with Gasteiger partial charge < -0.3 is 0 Å². The van der Waals surface area contributed by atoms with Crippen LogP contribution in [0.4, 0.5) is 4.79 Å². The third kappa shape index (κ3) is 1.03. The number of terminal acetylenes is 1. The zero-order valence-corrected chi connectivity index (χ0v) is 6.33. The predicted molar refractivity (Wildman–Crippen MR) is 38.7 cm³/mol. The van der Waals surface area contributed by atoms with Crippen LogP contribution in [-0.2, 0) is 9.59 Å². The van der Waals surface area contributed by atoms with Gasteiger partial charge in [-0.2, -0.15) is 0 Å². The quantitative estimate of drug-likeness (QED) is 0.311. The average molecular weight is 166 g/mol. The zero-order chi connectivity index (χ0) is 9.30. The van der Waals surface area contributed by atoms with Gasteiger partial charge in [0.05, 0.1) is 6.04 Å².